The quantitative estimate of drug-likeness (QED) is 0.242. The Balaban J connectivity index is 3.87. The summed E-state index contributed by atoms with van der Waals surface area (Å²) in [6.45, 7) is 2.06. The van der Waals surface area contributed by atoms with E-state index in [-0.39, 0.29) is 6.42 Å². The van der Waals surface area contributed by atoms with Gasteiger partial charge in [0.05, 0.1) is 12.2 Å². The second-order valence-corrected chi connectivity index (χ2v) is 5.75. The molecule has 0 heterocycles. The van der Waals surface area contributed by atoms with Crippen molar-refractivity contribution in [2.45, 2.75) is 57.7 Å². The van der Waals surface area contributed by atoms with Crippen LogP contribution in [0.4, 0.5) is 0 Å². The maximum absolute atomic E-state index is 10.3. The van der Waals surface area contributed by atoms with E-state index >= 15 is 0 Å². The summed E-state index contributed by atoms with van der Waals surface area (Å²) in [5.41, 5.74) is 0. The van der Waals surface area contributed by atoms with Gasteiger partial charge in [0, 0.05) is 6.42 Å². The van der Waals surface area contributed by atoms with E-state index in [1.54, 1.807) is 30.4 Å². The number of hydrogen-bond acceptors (Lipinski definition) is 3. The molecule has 3 N–H and O–H groups in total. The van der Waals surface area contributed by atoms with Crippen molar-refractivity contribution >= 4 is 5.97 Å². The first-order valence-electron chi connectivity index (χ1n) is 9.12. The monoisotopic (exact) mass is 360 g/mol. The van der Waals surface area contributed by atoms with Crippen molar-refractivity contribution in [1.29, 1.82) is 0 Å². The van der Waals surface area contributed by atoms with Crippen LogP contribution in [-0.2, 0) is 4.79 Å². The number of allylic oxidation sites excluding steroid dienone is 8. The molecule has 0 amide bonds. The van der Waals surface area contributed by atoms with Crippen LogP contribution in [0.3, 0.4) is 0 Å². The topological polar surface area (TPSA) is 77.8 Å². The predicted octanol–water partition coefficient (Wildman–Crippen LogP) is 4.49. The summed E-state index contributed by atoms with van der Waals surface area (Å²) in [6.07, 6.45) is 24.9. The maximum atomic E-state index is 10.3. The van der Waals surface area contributed by atoms with Crippen LogP contribution >= 0.6 is 0 Å². The van der Waals surface area contributed by atoms with Gasteiger partial charge in [-0.15, -0.1) is 0 Å². The Morgan fingerprint density at radius 3 is 2.23 bits per heavy atom. The van der Waals surface area contributed by atoms with E-state index in [0.717, 1.165) is 12.8 Å². The van der Waals surface area contributed by atoms with Gasteiger partial charge in [-0.2, -0.15) is 0 Å². The molecule has 0 unspecified atom stereocenters. The minimum absolute atomic E-state index is 0.149. The van der Waals surface area contributed by atoms with Crippen molar-refractivity contribution < 1.29 is 20.1 Å². The molecular weight excluding hydrogens is 328 g/mol. The second kappa shape index (κ2) is 17.6. The number of unbranched alkanes of at least 4 members (excludes halogenated alkanes) is 1. The lowest BCUT2D eigenvalue weighted by Gasteiger charge is -1.98. The SMILES string of the molecule is CC/C=C/C[C@H](O)/C=C/C=C/C/C=C/C=C/[C@@H](O)/C=C/CCCC(=O)O. The first-order chi connectivity index (χ1) is 12.6. The highest BCUT2D eigenvalue weighted by atomic mass is 16.4. The van der Waals surface area contributed by atoms with Gasteiger partial charge >= 0.3 is 5.97 Å². The first-order valence-corrected chi connectivity index (χ1v) is 9.12. The van der Waals surface area contributed by atoms with Crippen LogP contribution in [0.15, 0.2) is 72.9 Å². The minimum Gasteiger partial charge on any atom is -0.481 e. The Kier molecular flexibility index (Phi) is 16.2. The molecule has 4 nitrogen and oxygen atoms in total. The molecular formula is C22H32O4. The zero-order valence-electron chi connectivity index (χ0n) is 15.6. The van der Waals surface area contributed by atoms with Crippen LogP contribution in [0.2, 0.25) is 0 Å². The van der Waals surface area contributed by atoms with E-state index in [4.69, 9.17) is 5.11 Å². The summed E-state index contributed by atoms with van der Waals surface area (Å²) < 4.78 is 0. The molecule has 0 aliphatic carbocycles. The number of aliphatic carboxylic acids is 1. The fraction of sp³-hybridized carbons (Fsp3) is 0.409. The Morgan fingerprint density at radius 1 is 0.885 bits per heavy atom. The van der Waals surface area contributed by atoms with E-state index in [9.17, 15) is 15.0 Å². The molecule has 0 aromatic heterocycles. The van der Waals surface area contributed by atoms with E-state index in [0.29, 0.717) is 19.3 Å². The Hall–Kier alpha value is -2.17. The lowest BCUT2D eigenvalue weighted by Crippen LogP contribution is -1.98. The number of rotatable bonds is 14. The Bertz CT molecular complexity index is 524. The van der Waals surface area contributed by atoms with Gasteiger partial charge < -0.3 is 15.3 Å². The number of hydrogen-bond donors (Lipinski definition) is 3. The molecule has 0 saturated heterocycles. The molecule has 0 rings (SSSR count). The average Bonchev–Trinajstić information content (AvgIpc) is 2.60. The van der Waals surface area contributed by atoms with E-state index < -0.39 is 18.2 Å². The molecule has 0 aromatic carbocycles. The summed E-state index contributed by atoms with van der Waals surface area (Å²) in [6, 6.07) is 0. The number of carboxylic acids is 1. The van der Waals surface area contributed by atoms with Gasteiger partial charge in [-0.3, -0.25) is 4.79 Å². The average molecular weight is 360 g/mol. The van der Waals surface area contributed by atoms with Gasteiger partial charge in [0.1, 0.15) is 0 Å². The lowest BCUT2D eigenvalue weighted by atomic mass is 10.2. The van der Waals surface area contributed by atoms with Crippen LogP contribution in [0, 0.1) is 0 Å². The zero-order valence-corrected chi connectivity index (χ0v) is 15.6. The molecule has 0 spiro atoms. The number of aliphatic hydroxyl groups excluding tert-OH is 2. The summed E-state index contributed by atoms with van der Waals surface area (Å²) in [7, 11) is 0. The third-order valence-corrected chi connectivity index (χ3v) is 3.28. The summed E-state index contributed by atoms with van der Waals surface area (Å²) >= 11 is 0. The summed E-state index contributed by atoms with van der Waals surface area (Å²) in [5.74, 6) is -0.797. The van der Waals surface area contributed by atoms with Crippen molar-refractivity contribution in [2.75, 3.05) is 0 Å². The highest BCUT2D eigenvalue weighted by Gasteiger charge is 1.94. The van der Waals surface area contributed by atoms with Crippen LogP contribution in [-0.4, -0.2) is 33.5 Å². The summed E-state index contributed by atoms with van der Waals surface area (Å²) in [5, 5.41) is 27.9. The van der Waals surface area contributed by atoms with Crippen LogP contribution < -0.4 is 0 Å². The van der Waals surface area contributed by atoms with Gasteiger partial charge in [-0.1, -0.05) is 79.8 Å². The largest absolute Gasteiger partial charge is 0.481 e. The first kappa shape index (κ1) is 23.8. The van der Waals surface area contributed by atoms with E-state index in [1.807, 2.05) is 42.5 Å². The van der Waals surface area contributed by atoms with Gasteiger partial charge in [0.15, 0.2) is 0 Å². The van der Waals surface area contributed by atoms with Gasteiger partial charge in [0.25, 0.3) is 0 Å². The fourth-order valence-electron chi connectivity index (χ4n) is 1.92. The molecule has 2 atom stereocenters. The number of aliphatic hydroxyl groups is 2. The van der Waals surface area contributed by atoms with Gasteiger partial charge in [-0.25, -0.2) is 0 Å². The molecule has 4 heteroatoms. The molecule has 0 aliphatic heterocycles. The Morgan fingerprint density at radius 2 is 1.58 bits per heavy atom. The highest BCUT2D eigenvalue weighted by Crippen LogP contribution is 1.99. The van der Waals surface area contributed by atoms with E-state index in [2.05, 4.69) is 6.92 Å². The number of carbonyl (C=O) groups is 1. The van der Waals surface area contributed by atoms with Crippen LogP contribution in [0.25, 0.3) is 0 Å². The molecule has 0 radical (unpaired) electrons. The maximum Gasteiger partial charge on any atom is 0.303 e. The second-order valence-electron chi connectivity index (χ2n) is 5.75. The van der Waals surface area contributed by atoms with Crippen molar-refractivity contribution in [3.63, 3.8) is 0 Å². The van der Waals surface area contributed by atoms with Crippen molar-refractivity contribution in [3.05, 3.63) is 72.9 Å². The molecule has 0 saturated carbocycles. The number of carboxylic acid groups (broad SMARTS) is 1. The molecule has 0 bridgehead atoms. The summed E-state index contributed by atoms with van der Waals surface area (Å²) in [4.78, 5) is 10.3. The third-order valence-electron chi connectivity index (χ3n) is 3.28. The third kappa shape index (κ3) is 18.2. The van der Waals surface area contributed by atoms with Crippen molar-refractivity contribution in [1.82, 2.24) is 0 Å². The minimum atomic E-state index is -0.797. The molecule has 0 fully saturated rings. The fourth-order valence-corrected chi connectivity index (χ4v) is 1.92. The lowest BCUT2D eigenvalue weighted by molar-refractivity contribution is -0.137. The molecule has 0 aromatic rings. The Labute approximate surface area is 157 Å². The molecule has 26 heavy (non-hydrogen) atoms. The molecule has 144 valence electrons. The van der Waals surface area contributed by atoms with Crippen LogP contribution in [0.1, 0.15) is 45.4 Å². The zero-order chi connectivity index (χ0) is 19.5. The van der Waals surface area contributed by atoms with E-state index in [1.165, 1.54) is 0 Å². The van der Waals surface area contributed by atoms with Gasteiger partial charge in [-0.05, 0) is 32.1 Å². The normalized spacial score (nSPS) is 15.5. The predicted molar refractivity (Wildman–Crippen MR) is 108 cm³/mol. The van der Waals surface area contributed by atoms with Crippen molar-refractivity contribution in [2.24, 2.45) is 0 Å². The smallest absolute Gasteiger partial charge is 0.303 e. The standard InChI is InChI=1S/C22H32O4/c1-2-3-10-15-20(23)16-11-7-5-4-6-8-12-17-21(24)18-13-9-14-19-22(25)26/h3,5-8,10-13,16-18,20-21,23-24H,2,4,9,14-15,19H2,1H3,(H,25,26)/b7-5+,8-6+,10-3+,16-11+,17-12+,18-13+/t20-,21+/m0/s1. The van der Waals surface area contributed by atoms with Crippen LogP contribution in [0.5, 0.6) is 0 Å². The van der Waals surface area contributed by atoms with Crippen molar-refractivity contribution in [3.8, 4) is 0 Å². The molecule has 0 aliphatic rings. The van der Waals surface area contributed by atoms with Gasteiger partial charge in [0.2, 0.25) is 0 Å². The highest BCUT2D eigenvalue weighted by molar-refractivity contribution is 5.66.